The zero-order valence-electron chi connectivity index (χ0n) is 16.0. The van der Waals surface area contributed by atoms with Crippen molar-refractivity contribution in [3.8, 4) is 5.75 Å². The zero-order chi connectivity index (χ0) is 19.3. The second-order valence-electron chi connectivity index (χ2n) is 7.45. The van der Waals surface area contributed by atoms with Gasteiger partial charge in [0.1, 0.15) is 5.75 Å². The number of piperidine rings is 1. The number of hydrogen-bond donors (Lipinski definition) is 1. The number of benzene rings is 1. The lowest BCUT2D eigenvalue weighted by Crippen LogP contribution is -2.47. The number of hydrogen-bond acceptors (Lipinski definition) is 4. The van der Waals surface area contributed by atoms with E-state index in [1.165, 1.54) is 10.7 Å². The predicted molar refractivity (Wildman–Crippen MR) is 104 cm³/mol. The van der Waals surface area contributed by atoms with Gasteiger partial charge in [0, 0.05) is 19.1 Å². The van der Waals surface area contributed by atoms with E-state index in [9.17, 15) is 13.2 Å². The largest absolute Gasteiger partial charge is 0.494 e. The molecule has 3 rings (SSSR count). The number of amides is 1. The molecule has 1 N–H and O–H groups in total. The monoisotopic (exact) mass is 394 g/mol. The summed E-state index contributed by atoms with van der Waals surface area (Å²) in [5, 5.41) is 3.14. The van der Waals surface area contributed by atoms with E-state index in [4.69, 9.17) is 4.74 Å². The lowest BCUT2D eigenvalue weighted by Gasteiger charge is -2.32. The van der Waals surface area contributed by atoms with Crippen LogP contribution in [-0.2, 0) is 14.8 Å². The molecule has 2 aliphatic rings. The molecule has 0 radical (unpaired) electrons. The van der Waals surface area contributed by atoms with Crippen molar-refractivity contribution in [2.45, 2.75) is 62.8 Å². The van der Waals surface area contributed by atoms with Gasteiger partial charge in [-0.05, 0) is 56.9 Å². The number of carbonyl (C=O) groups is 1. The number of ether oxygens (including phenoxy) is 1. The molecule has 6 nitrogen and oxygen atoms in total. The first-order valence-electron chi connectivity index (χ1n) is 10.0. The van der Waals surface area contributed by atoms with Gasteiger partial charge >= 0.3 is 0 Å². The van der Waals surface area contributed by atoms with Gasteiger partial charge in [0.2, 0.25) is 15.9 Å². The van der Waals surface area contributed by atoms with Crippen LogP contribution in [0.1, 0.15) is 51.9 Å². The molecule has 2 fully saturated rings. The summed E-state index contributed by atoms with van der Waals surface area (Å²) in [7, 11) is -3.60. The van der Waals surface area contributed by atoms with Crippen molar-refractivity contribution in [2.24, 2.45) is 5.92 Å². The minimum atomic E-state index is -3.60. The lowest BCUT2D eigenvalue weighted by atomic mass is 9.93. The fourth-order valence-electron chi connectivity index (χ4n) is 3.96. The third-order valence-electron chi connectivity index (χ3n) is 5.48. The van der Waals surface area contributed by atoms with Crippen molar-refractivity contribution >= 4 is 15.9 Å². The van der Waals surface area contributed by atoms with Gasteiger partial charge in [-0.25, -0.2) is 8.42 Å². The van der Waals surface area contributed by atoms with Gasteiger partial charge in [-0.15, -0.1) is 0 Å². The van der Waals surface area contributed by atoms with Crippen LogP contribution >= 0.6 is 0 Å². The number of nitrogens with one attached hydrogen (secondary N) is 1. The summed E-state index contributed by atoms with van der Waals surface area (Å²) >= 11 is 0. The summed E-state index contributed by atoms with van der Waals surface area (Å²) in [5.41, 5.74) is 0. The molecule has 0 aromatic heterocycles. The maximum atomic E-state index is 13.0. The molecule has 150 valence electrons. The summed E-state index contributed by atoms with van der Waals surface area (Å²) in [6, 6.07) is 6.75. The van der Waals surface area contributed by atoms with Gasteiger partial charge < -0.3 is 10.1 Å². The minimum absolute atomic E-state index is 0.00786. The first-order chi connectivity index (χ1) is 13.0. The second kappa shape index (κ2) is 9.06. The highest BCUT2D eigenvalue weighted by molar-refractivity contribution is 7.89. The van der Waals surface area contributed by atoms with Crippen molar-refractivity contribution in [1.82, 2.24) is 9.62 Å². The molecule has 27 heavy (non-hydrogen) atoms. The second-order valence-corrected chi connectivity index (χ2v) is 9.39. The van der Waals surface area contributed by atoms with Crippen LogP contribution < -0.4 is 10.1 Å². The summed E-state index contributed by atoms with van der Waals surface area (Å²) in [6.07, 6.45) is 7.08. The fraction of sp³-hybridized carbons (Fsp3) is 0.650. The number of rotatable bonds is 6. The number of carbonyl (C=O) groups excluding carboxylic acids is 1. The smallest absolute Gasteiger partial charge is 0.243 e. The van der Waals surface area contributed by atoms with Crippen LogP contribution in [0.4, 0.5) is 0 Å². The average molecular weight is 395 g/mol. The summed E-state index contributed by atoms with van der Waals surface area (Å²) in [5.74, 6) is 0.395. The van der Waals surface area contributed by atoms with Crippen molar-refractivity contribution in [1.29, 1.82) is 0 Å². The Morgan fingerprint density at radius 1 is 1.11 bits per heavy atom. The van der Waals surface area contributed by atoms with Crippen LogP contribution in [0.15, 0.2) is 29.2 Å². The molecule has 1 aromatic carbocycles. The highest BCUT2D eigenvalue weighted by Gasteiger charge is 2.34. The molecule has 1 aliphatic heterocycles. The van der Waals surface area contributed by atoms with Gasteiger partial charge in [0.15, 0.2) is 0 Å². The van der Waals surface area contributed by atoms with Gasteiger partial charge in [-0.1, -0.05) is 19.3 Å². The molecule has 1 aromatic rings. The predicted octanol–water partition coefficient (Wildman–Crippen LogP) is 2.93. The third kappa shape index (κ3) is 5.02. The molecule has 1 atom stereocenters. The Bertz CT molecular complexity index is 727. The van der Waals surface area contributed by atoms with Crippen LogP contribution in [0.3, 0.4) is 0 Å². The Kier molecular flexibility index (Phi) is 6.76. The summed E-state index contributed by atoms with van der Waals surface area (Å²) in [4.78, 5) is 12.9. The van der Waals surface area contributed by atoms with E-state index in [1.807, 2.05) is 6.92 Å². The molecule has 1 heterocycles. The Morgan fingerprint density at radius 2 is 1.81 bits per heavy atom. The molecule has 0 unspecified atom stereocenters. The maximum absolute atomic E-state index is 13.0. The van der Waals surface area contributed by atoms with E-state index in [-0.39, 0.29) is 29.3 Å². The molecular formula is C20H30N2O4S. The average Bonchev–Trinajstić information content (AvgIpc) is 2.69. The SMILES string of the molecule is CCOc1ccc(S(=O)(=O)N2CCC[C@@H](C(=O)NC3CCCCC3)C2)cc1. The Morgan fingerprint density at radius 3 is 2.48 bits per heavy atom. The van der Waals surface area contributed by atoms with Crippen LogP contribution in [0.2, 0.25) is 0 Å². The number of sulfonamides is 1. The first-order valence-corrected chi connectivity index (χ1v) is 11.5. The van der Waals surface area contributed by atoms with Gasteiger partial charge in [0.05, 0.1) is 17.4 Å². The molecule has 1 amide bonds. The van der Waals surface area contributed by atoms with Crippen LogP contribution in [0.25, 0.3) is 0 Å². The summed E-state index contributed by atoms with van der Waals surface area (Å²) in [6.45, 7) is 3.14. The van der Waals surface area contributed by atoms with Crippen molar-refractivity contribution in [3.05, 3.63) is 24.3 Å². The molecule has 7 heteroatoms. The van der Waals surface area contributed by atoms with E-state index in [1.54, 1.807) is 24.3 Å². The van der Waals surface area contributed by atoms with E-state index < -0.39 is 10.0 Å². The Hall–Kier alpha value is -1.60. The highest BCUT2D eigenvalue weighted by Crippen LogP contribution is 2.26. The fourth-order valence-corrected chi connectivity index (χ4v) is 5.49. The Labute approximate surface area is 162 Å². The van der Waals surface area contributed by atoms with Crippen LogP contribution in [-0.4, -0.2) is 44.4 Å². The first kappa shape index (κ1) is 20.1. The number of nitrogens with zero attached hydrogens (tertiary/aromatic N) is 1. The van der Waals surface area contributed by atoms with Crippen molar-refractivity contribution in [3.63, 3.8) is 0 Å². The van der Waals surface area contributed by atoms with Gasteiger partial charge in [-0.2, -0.15) is 4.31 Å². The van der Waals surface area contributed by atoms with E-state index in [2.05, 4.69) is 5.32 Å². The highest BCUT2D eigenvalue weighted by atomic mass is 32.2. The normalized spacial score (nSPS) is 22.3. The molecule has 0 spiro atoms. The van der Waals surface area contributed by atoms with Crippen molar-refractivity contribution in [2.75, 3.05) is 19.7 Å². The standard InChI is InChI=1S/C20H30N2O4S/c1-2-26-18-10-12-19(13-11-18)27(24,25)22-14-6-7-16(15-22)20(23)21-17-8-4-3-5-9-17/h10-13,16-17H,2-9,14-15H2,1H3,(H,21,23)/t16-/m1/s1. The van der Waals surface area contributed by atoms with Gasteiger partial charge in [0.25, 0.3) is 0 Å². The van der Waals surface area contributed by atoms with E-state index in [0.717, 1.165) is 32.1 Å². The molecular weight excluding hydrogens is 364 g/mol. The van der Waals surface area contributed by atoms with Crippen LogP contribution in [0, 0.1) is 5.92 Å². The molecule has 1 saturated heterocycles. The lowest BCUT2D eigenvalue weighted by molar-refractivity contribution is -0.127. The van der Waals surface area contributed by atoms with E-state index in [0.29, 0.717) is 25.3 Å². The Balaban J connectivity index is 1.64. The topological polar surface area (TPSA) is 75.7 Å². The summed E-state index contributed by atoms with van der Waals surface area (Å²) < 4.78 is 32.8. The van der Waals surface area contributed by atoms with Crippen molar-refractivity contribution < 1.29 is 17.9 Å². The molecule has 1 aliphatic carbocycles. The third-order valence-corrected chi connectivity index (χ3v) is 7.36. The zero-order valence-corrected chi connectivity index (χ0v) is 16.8. The van der Waals surface area contributed by atoms with Gasteiger partial charge in [-0.3, -0.25) is 4.79 Å². The molecule has 1 saturated carbocycles. The molecule has 0 bridgehead atoms. The minimum Gasteiger partial charge on any atom is -0.494 e. The maximum Gasteiger partial charge on any atom is 0.243 e. The van der Waals surface area contributed by atoms with E-state index >= 15 is 0 Å². The van der Waals surface area contributed by atoms with Crippen LogP contribution in [0.5, 0.6) is 5.75 Å². The quantitative estimate of drug-likeness (QED) is 0.805.